The largest absolute Gasteiger partial charge is 0.453 e. The van der Waals surface area contributed by atoms with Crippen LogP contribution in [0.3, 0.4) is 0 Å². The lowest BCUT2D eigenvalue weighted by atomic mass is 9.89. The van der Waals surface area contributed by atoms with E-state index in [1.54, 1.807) is 0 Å². The number of rotatable bonds is 5. The van der Waals surface area contributed by atoms with E-state index in [4.69, 9.17) is 25.8 Å². The SMILES string of the molecule is Cc1cc2ccccc2c(-c2c(Op3oc4ccccc4c4ccccc4o3)c(C)cc3ccccc23)c1Op1oc2ccccc2c2ccccc2o1. The van der Waals surface area contributed by atoms with Crippen LogP contribution in [0.5, 0.6) is 11.5 Å². The van der Waals surface area contributed by atoms with Gasteiger partial charge in [0, 0.05) is 32.7 Å². The molecule has 8 aromatic carbocycles. The number of hydrogen-bond donors (Lipinski definition) is 0. The van der Waals surface area contributed by atoms with E-state index < -0.39 is 16.5 Å². The van der Waals surface area contributed by atoms with Gasteiger partial charge in [-0.25, -0.2) is 0 Å². The summed E-state index contributed by atoms with van der Waals surface area (Å²) in [5.41, 5.74) is 6.38. The summed E-state index contributed by atoms with van der Waals surface area (Å²) >= 11 is 0. The first kappa shape index (κ1) is 32.3. The number of aryl methyl sites for hydroxylation is 2. The molecule has 262 valence electrons. The highest BCUT2D eigenvalue weighted by Crippen LogP contribution is 2.52. The smallest absolute Gasteiger partial charge is 0.390 e. The first-order chi connectivity index (χ1) is 26.6. The quantitative estimate of drug-likeness (QED) is 0.175. The van der Waals surface area contributed by atoms with Crippen LogP contribution >= 0.6 is 16.5 Å². The molecule has 0 bridgehead atoms. The number of para-hydroxylation sites is 4. The van der Waals surface area contributed by atoms with E-state index >= 15 is 0 Å². The Morgan fingerprint density at radius 2 is 0.630 bits per heavy atom. The van der Waals surface area contributed by atoms with Gasteiger partial charge in [0.05, 0.1) is 0 Å². The number of benzene rings is 8. The standard InChI is InChI=1S/C46H32O6P2/c1-29-27-31-15-3-5-17-33(31)43(45(29)51-53-47-39-23-11-7-19-35(39)36-20-8-12-24-40(36)48-53)44-34-18-6-4-16-32(34)28-30(2)46(44)52-54-49-41-25-13-9-21-37(41)38-22-10-14-26-42(38)50-54/h3-28H,1-2H3. The molecule has 0 radical (unpaired) electrons. The lowest BCUT2D eigenvalue weighted by Gasteiger charge is -2.20. The van der Waals surface area contributed by atoms with Gasteiger partial charge in [-0.3, -0.25) is 0 Å². The zero-order valence-corrected chi connectivity index (χ0v) is 31.1. The summed E-state index contributed by atoms with van der Waals surface area (Å²) in [6.07, 6.45) is 0. The molecule has 2 heterocycles. The van der Waals surface area contributed by atoms with Gasteiger partial charge in [0.15, 0.2) is 0 Å². The van der Waals surface area contributed by atoms with Gasteiger partial charge in [-0.2, -0.15) is 0 Å². The average Bonchev–Trinajstić information content (AvgIpc) is 3.46. The van der Waals surface area contributed by atoms with Crippen molar-refractivity contribution in [3.05, 3.63) is 169 Å². The maximum absolute atomic E-state index is 7.03. The summed E-state index contributed by atoms with van der Waals surface area (Å²) in [5, 5.41) is 7.92. The minimum atomic E-state index is -1.95. The van der Waals surface area contributed by atoms with Crippen molar-refractivity contribution >= 4 is 81.9 Å². The fourth-order valence-corrected chi connectivity index (χ4v) is 9.60. The monoisotopic (exact) mass is 742 g/mol. The van der Waals surface area contributed by atoms with Crippen molar-refractivity contribution in [2.75, 3.05) is 0 Å². The van der Waals surface area contributed by atoms with Gasteiger partial charge < -0.3 is 25.8 Å². The van der Waals surface area contributed by atoms with Crippen molar-refractivity contribution in [3.63, 3.8) is 0 Å². The zero-order valence-electron chi connectivity index (χ0n) is 29.4. The summed E-state index contributed by atoms with van der Waals surface area (Å²) in [6, 6.07) is 52.9. The highest BCUT2D eigenvalue weighted by atomic mass is 31.1. The van der Waals surface area contributed by atoms with Crippen molar-refractivity contribution in [2.24, 2.45) is 0 Å². The molecule has 6 nitrogen and oxygen atoms in total. The summed E-state index contributed by atoms with van der Waals surface area (Å²) < 4.78 is 40.4. The molecule has 0 atom stereocenters. The molecule has 0 unspecified atom stereocenters. The molecule has 0 fully saturated rings. The van der Waals surface area contributed by atoms with Crippen LogP contribution in [-0.4, -0.2) is 0 Å². The topological polar surface area (TPSA) is 71.0 Å². The van der Waals surface area contributed by atoms with Crippen LogP contribution in [0.1, 0.15) is 11.1 Å². The highest BCUT2D eigenvalue weighted by molar-refractivity contribution is 7.32. The molecule has 0 aliphatic heterocycles. The van der Waals surface area contributed by atoms with Crippen molar-refractivity contribution in [2.45, 2.75) is 13.8 Å². The van der Waals surface area contributed by atoms with Crippen LogP contribution in [0.2, 0.25) is 0 Å². The Bertz CT molecular complexity index is 2830. The molecular formula is C46H32O6P2. The molecule has 10 aromatic rings. The molecule has 0 amide bonds. The third kappa shape index (κ3) is 5.59. The first-order valence-electron chi connectivity index (χ1n) is 17.7. The third-order valence-electron chi connectivity index (χ3n) is 9.78. The minimum Gasteiger partial charge on any atom is -0.390 e. The lowest BCUT2D eigenvalue weighted by molar-refractivity contribution is 0.492. The predicted molar refractivity (Wildman–Crippen MR) is 221 cm³/mol. The first-order valence-corrected chi connectivity index (χ1v) is 19.9. The number of hydrogen-bond acceptors (Lipinski definition) is 6. The molecule has 0 N–H and O–H groups in total. The Balaban J connectivity index is 1.27. The van der Waals surface area contributed by atoms with Crippen LogP contribution < -0.4 is 9.05 Å². The van der Waals surface area contributed by atoms with Crippen molar-refractivity contribution in [1.82, 2.24) is 0 Å². The molecule has 0 aliphatic rings. The molecular weight excluding hydrogens is 710 g/mol. The van der Waals surface area contributed by atoms with Gasteiger partial charge in [-0.15, -0.1) is 0 Å². The van der Waals surface area contributed by atoms with Gasteiger partial charge in [0.2, 0.25) is 0 Å². The summed E-state index contributed by atoms with van der Waals surface area (Å²) in [5.74, 6) is 1.28. The van der Waals surface area contributed by atoms with E-state index in [0.717, 1.165) is 65.3 Å². The van der Waals surface area contributed by atoms with Crippen LogP contribution in [0.15, 0.2) is 175 Å². The Morgan fingerprint density at radius 3 is 0.963 bits per heavy atom. The Kier molecular flexibility index (Phi) is 7.95. The highest BCUT2D eigenvalue weighted by Gasteiger charge is 2.25. The molecule has 0 spiro atoms. The van der Waals surface area contributed by atoms with E-state index in [2.05, 4.69) is 74.5 Å². The zero-order chi connectivity index (χ0) is 36.2. The Hall–Kier alpha value is -6.32. The summed E-state index contributed by atoms with van der Waals surface area (Å²) in [6.45, 7) is 4.13. The third-order valence-corrected chi connectivity index (χ3v) is 11.8. The maximum atomic E-state index is 7.03. The van der Waals surface area contributed by atoms with Crippen molar-refractivity contribution < 1.29 is 25.8 Å². The molecule has 54 heavy (non-hydrogen) atoms. The van der Waals surface area contributed by atoms with Gasteiger partial charge in [0.1, 0.15) is 33.8 Å². The predicted octanol–water partition coefficient (Wildman–Crippen LogP) is 15.2. The normalized spacial score (nSPS) is 11.5. The molecule has 8 heteroatoms. The summed E-state index contributed by atoms with van der Waals surface area (Å²) in [7, 11) is -3.90. The van der Waals surface area contributed by atoms with Crippen LogP contribution in [-0.2, 0) is 0 Å². The van der Waals surface area contributed by atoms with Crippen molar-refractivity contribution in [1.29, 1.82) is 0 Å². The maximum Gasteiger partial charge on any atom is 0.453 e. The van der Waals surface area contributed by atoms with Gasteiger partial charge >= 0.3 is 16.5 Å². The van der Waals surface area contributed by atoms with E-state index in [1.165, 1.54) is 0 Å². The molecule has 0 saturated carbocycles. The Morgan fingerprint density at radius 1 is 0.352 bits per heavy atom. The van der Waals surface area contributed by atoms with Gasteiger partial charge in [-0.1, -0.05) is 121 Å². The lowest BCUT2D eigenvalue weighted by Crippen LogP contribution is -1.97. The van der Waals surface area contributed by atoms with E-state index in [9.17, 15) is 0 Å². The van der Waals surface area contributed by atoms with Crippen LogP contribution in [0.4, 0.5) is 0 Å². The van der Waals surface area contributed by atoms with E-state index in [-0.39, 0.29) is 0 Å². The minimum absolute atomic E-state index is 0.642. The second-order valence-corrected chi connectivity index (χ2v) is 15.2. The number of fused-ring (bicyclic) bond motifs is 8. The van der Waals surface area contributed by atoms with Crippen molar-refractivity contribution in [3.8, 4) is 22.6 Å². The van der Waals surface area contributed by atoms with Gasteiger partial charge in [-0.05, 0) is 82.9 Å². The van der Waals surface area contributed by atoms with Crippen LogP contribution in [0.25, 0.3) is 76.5 Å². The van der Waals surface area contributed by atoms with E-state index in [1.807, 2.05) is 97.1 Å². The summed E-state index contributed by atoms with van der Waals surface area (Å²) in [4.78, 5) is 0. The van der Waals surface area contributed by atoms with E-state index in [0.29, 0.717) is 33.8 Å². The average molecular weight is 743 g/mol. The fourth-order valence-electron chi connectivity index (χ4n) is 7.33. The Labute approximate surface area is 312 Å². The van der Waals surface area contributed by atoms with Crippen LogP contribution in [0, 0.1) is 13.8 Å². The van der Waals surface area contributed by atoms with Gasteiger partial charge in [0.25, 0.3) is 0 Å². The molecule has 2 aromatic heterocycles. The fraction of sp³-hybridized carbons (Fsp3) is 0.0435. The molecule has 10 rings (SSSR count). The molecule has 0 saturated heterocycles. The second kappa shape index (κ2) is 13.3. The second-order valence-electron chi connectivity index (χ2n) is 13.2. The molecule has 0 aliphatic carbocycles.